The highest BCUT2D eigenvalue weighted by atomic mass is 16.5. The van der Waals surface area contributed by atoms with Crippen molar-refractivity contribution in [2.24, 2.45) is 0 Å². The number of carbonyl (C=O) groups excluding carboxylic acids is 4. The number of nitrogens with one attached hydrogen (secondary N) is 1. The summed E-state index contributed by atoms with van der Waals surface area (Å²) >= 11 is 0. The molecule has 0 bridgehead atoms. The predicted molar refractivity (Wildman–Crippen MR) is 151 cm³/mol. The van der Waals surface area contributed by atoms with Gasteiger partial charge in [0.25, 0.3) is 11.8 Å². The van der Waals surface area contributed by atoms with Gasteiger partial charge in [-0.15, -0.1) is 0 Å². The SMILES string of the molecule is COC(=O)c1ccc(N2C(=O)NC(=O)/C(=C\c3c(OCc4ccc(C)c(C)c4)ccc4ccccc34)C2=O)cc1. The summed E-state index contributed by atoms with van der Waals surface area (Å²) in [7, 11) is 1.26. The molecule has 1 saturated heterocycles. The second-order valence-corrected chi connectivity index (χ2v) is 9.40. The number of imide groups is 2. The number of carbonyl (C=O) groups is 4. The molecule has 0 aromatic heterocycles. The summed E-state index contributed by atoms with van der Waals surface area (Å²) in [6.45, 7) is 4.36. The Balaban J connectivity index is 1.54. The van der Waals surface area contributed by atoms with Crippen LogP contribution in [0.15, 0.2) is 84.4 Å². The molecule has 4 aromatic rings. The molecule has 0 aliphatic carbocycles. The number of nitrogens with zero attached hydrogens (tertiary/aromatic N) is 1. The molecule has 8 heteroatoms. The number of barbiturate groups is 1. The highest BCUT2D eigenvalue weighted by Gasteiger charge is 2.37. The van der Waals surface area contributed by atoms with Crippen LogP contribution in [0.4, 0.5) is 10.5 Å². The number of rotatable bonds is 6. The Morgan fingerprint density at radius 2 is 1.65 bits per heavy atom. The van der Waals surface area contributed by atoms with Crippen molar-refractivity contribution < 1.29 is 28.7 Å². The third kappa shape index (κ3) is 5.07. The normalized spacial score (nSPS) is 14.4. The van der Waals surface area contributed by atoms with Crippen LogP contribution in [0.25, 0.3) is 16.8 Å². The number of amides is 4. The number of anilines is 1. The van der Waals surface area contributed by atoms with E-state index in [2.05, 4.69) is 11.4 Å². The number of hydrogen-bond acceptors (Lipinski definition) is 6. The molecule has 0 spiro atoms. The zero-order chi connectivity index (χ0) is 28.4. The lowest BCUT2D eigenvalue weighted by molar-refractivity contribution is -0.122. The highest BCUT2D eigenvalue weighted by Crippen LogP contribution is 2.32. The molecule has 1 aliphatic rings. The predicted octanol–water partition coefficient (Wildman–Crippen LogP) is 5.49. The van der Waals surface area contributed by atoms with Gasteiger partial charge in [-0.3, -0.25) is 14.9 Å². The molecule has 1 heterocycles. The van der Waals surface area contributed by atoms with E-state index in [1.807, 2.05) is 56.3 Å². The molecule has 4 amide bonds. The first-order chi connectivity index (χ1) is 19.3. The van der Waals surface area contributed by atoms with E-state index in [0.717, 1.165) is 26.8 Å². The molecule has 1 fully saturated rings. The van der Waals surface area contributed by atoms with Gasteiger partial charge in [-0.1, -0.05) is 48.5 Å². The van der Waals surface area contributed by atoms with Crippen molar-refractivity contribution in [2.45, 2.75) is 20.5 Å². The summed E-state index contributed by atoms with van der Waals surface area (Å²) in [6.07, 6.45) is 1.46. The van der Waals surface area contributed by atoms with Crippen molar-refractivity contribution in [1.29, 1.82) is 0 Å². The number of hydrogen-bond donors (Lipinski definition) is 1. The third-order valence-corrected chi connectivity index (χ3v) is 6.83. The van der Waals surface area contributed by atoms with E-state index in [0.29, 0.717) is 11.3 Å². The van der Waals surface area contributed by atoms with Crippen LogP contribution in [0.5, 0.6) is 5.75 Å². The minimum Gasteiger partial charge on any atom is -0.488 e. The van der Waals surface area contributed by atoms with Gasteiger partial charge in [0, 0.05) is 5.56 Å². The Morgan fingerprint density at radius 3 is 2.38 bits per heavy atom. The standard InChI is InChI=1S/C32H26N2O6/c1-19-8-9-21(16-20(19)2)18-40-28-15-12-22-6-4-5-7-25(22)26(28)17-27-29(35)33-32(38)34(30(27)36)24-13-10-23(11-14-24)31(37)39-3/h4-17H,18H2,1-3H3,(H,33,35,38)/b27-17+. The van der Waals surface area contributed by atoms with Crippen molar-refractivity contribution in [2.75, 3.05) is 12.0 Å². The van der Waals surface area contributed by atoms with Crippen molar-refractivity contribution in [3.8, 4) is 5.75 Å². The number of ether oxygens (including phenoxy) is 2. The number of methoxy groups -OCH3 is 1. The van der Waals surface area contributed by atoms with Crippen molar-refractivity contribution in [1.82, 2.24) is 5.32 Å². The molecule has 0 atom stereocenters. The fourth-order valence-corrected chi connectivity index (χ4v) is 4.51. The van der Waals surface area contributed by atoms with Gasteiger partial charge in [-0.2, -0.15) is 0 Å². The first kappa shape index (κ1) is 26.4. The maximum absolute atomic E-state index is 13.6. The third-order valence-electron chi connectivity index (χ3n) is 6.83. The molecular formula is C32H26N2O6. The van der Waals surface area contributed by atoms with Gasteiger partial charge in [0.15, 0.2) is 0 Å². The van der Waals surface area contributed by atoms with E-state index >= 15 is 0 Å². The molecular weight excluding hydrogens is 508 g/mol. The molecule has 0 unspecified atom stereocenters. The smallest absolute Gasteiger partial charge is 0.337 e. The zero-order valence-corrected chi connectivity index (χ0v) is 22.2. The summed E-state index contributed by atoms with van der Waals surface area (Å²) in [5.41, 5.74) is 4.06. The van der Waals surface area contributed by atoms with Gasteiger partial charge in [-0.05, 0) is 77.7 Å². The zero-order valence-electron chi connectivity index (χ0n) is 22.2. The average molecular weight is 535 g/mol. The van der Waals surface area contributed by atoms with Gasteiger partial charge in [0.05, 0.1) is 18.4 Å². The van der Waals surface area contributed by atoms with Crippen molar-refractivity contribution in [3.05, 3.63) is 112 Å². The molecule has 5 rings (SSSR count). The highest BCUT2D eigenvalue weighted by molar-refractivity contribution is 6.39. The Kier molecular flexibility index (Phi) is 7.16. The van der Waals surface area contributed by atoms with Crippen molar-refractivity contribution >= 4 is 46.4 Å². The molecule has 1 N–H and O–H groups in total. The number of fused-ring (bicyclic) bond motifs is 1. The molecule has 4 aromatic carbocycles. The van der Waals surface area contributed by atoms with E-state index < -0.39 is 23.8 Å². The van der Waals surface area contributed by atoms with Gasteiger partial charge >= 0.3 is 12.0 Å². The maximum atomic E-state index is 13.6. The fraction of sp³-hybridized carbons (Fsp3) is 0.125. The largest absolute Gasteiger partial charge is 0.488 e. The van der Waals surface area contributed by atoms with Gasteiger partial charge in [-0.25, -0.2) is 14.5 Å². The van der Waals surface area contributed by atoms with Gasteiger partial charge in [0.1, 0.15) is 17.9 Å². The van der Waals surface area contributed by atoms with Crippen LogP contribution in [0.2, 0.25) is 0 Å². The average Bonchev–Trinajstić information content (AvgIpc) is 2.96. The van der Waals surface area contributed by atoms with Gasteiger partial charge < -0.3 is 9.47 Å². The summed E-state index contributed by atoms with van der Waals surface area (Å²) < 4.78 is 10.9. The minimum absolute atomic E-state index is 0.192. The summed E-state index contributed by atoms with van der Waals surface area (Å²) in [5, 5.41) is 3.91. The van der Waals surface area contributed by atoms with Crippen LogP contribution in [0.1, 0.15) is 32.6 Å². The first-order valence-corrected chi connectivity index (χ1v) is 12.6. The number of esters is 1. The molecule has 0 radical (unpaired) electrons. The van der Waals surface area contributed by atoms with Crippen LogP contribution in [-0.4, -0.2) is 30.9 Å². The van der Waals surface area contributed by atoms with Crippen LogP contribution in [0, 0.1) is 13.8 Å². The molecule has 200 valence electrons. The van der Waals surface area contributed by atoms with Crippen LogP contribution in [-0.2, 0) is 20.9 Å². The Bertz CT molecular complexity index is 1700. The number of urea groups is 1. The van der Waals surface area contributed by atoms with Crippen LogP contribution >= 0.6 is 0 Å². The quantitative estimate of drug-likeness (QED) is 0.199. The van der Waals surface area contributed by atoms with Crippen molar-refractivity contribution in [3.63, 3.8) is 0 Å². The van der Waals surface area contributed by atoms with Crippen LogP contribution < -0.4 is 15.0 Å². The second-order valence-electron chi connectivity index (χ2n) is 9.40. The Labute approximate surface area is 230 Å². The molecule has 1 aliphatic heterocycles. The molecule has 8 nitrogen and oxygen atoms in total. The fourth-order valence-electron chi connectivity index (χ4n) is 4.51. The topological polar surface area (TPSA) is 102 Å². The van der Waals surface area contributed by atoms with Crippen LogP contribution in [0.3, 0.4) is 0 Å². The van der Waals surface area contributed by atoms with E-state index in [1.54, 1.807) is 6.07 Å². The lowest BCUT2D eigenvalue weighted by Crippen LogP contribution is -2.54. The number of benzene rings is 4. The first-order valence-electron chi connectivity index (χ1n) is 12.6. The van der Waals surface area contributed by atoms with E-state index in [9.17, 15) is 19.2 Å². The maximum Gasteiger partial charge on any atom is 0.337 e. The van der Waals surface area contributed by atoms with Gasteiger partial charge in [0.2, 0.25) is 0 Å². The summed E-state index contributed by atoms with van der Waals surface area (Å²) in [5.74, 6) is -1.69. The molecule has 0 saturated carbocycles. The number of aryl methyl sites for hydroxylation is 2. The Hall–Kier alpha value is -5.24. The summed E-state index contributed by atoms with van der Waals surface area (Å²) in [6, 6.07) is 22.2. The van der Waals surface area contributed by atoms with E-state index in [4.69, 9.17) is 9.47 Å². The monoisotopic (exact) mass is 534 g/mol. The van der Waals surface area contributed by atoms with E-state index in [-0.39, 0.29) is 23.4 Å². The molecule has 40 heavy (non-hydrogen) atoms. The van der Waals surface area contributed by atoms with E-state index in [1.165, 1.54) is 43.0 Å². The minimum atomic E-state index is -0.887. The summed E-state index contributed by atoms with van der Waals surface area (Å²) in [4.78, 5) is 51.8. The lowest BCUT2D eigenvalue weighted by Gasteiger charge is -2.26. The second kappa shape index (κ2) is 10.9. The Morgan fingerprint density at radius 1 is 0.900 bits per heavy atom. The lowest BCUT2D eigenvalue weighted by atomic mass is 9.99.